The van der Waals surface area contributed by atoms with E-state index >= 15 is 0 Å². The molecular formula is C20H33N3O3. The number of fused-ring (bicyclic) bond motifs is 3. The van der Waals surface area contributed by atoms with Crippen LogP contribution in [0.15, 0.2) is 0 Å². The van der Waals surface area contributed by atoms with Gasteiger partial charge < -0.3 is 14.5 Å². The summed E-state index contributed by atoms with van der Waals surface area (Å²) in [5.41, 5.74) is 0. The van der Waals surface area contributed by atoms with Gasteiger partial charge in [-0.3, -0.25) is 9.69 Å². The summed E-state index contributed by atoms with van der Waals surface area (Å²) >= 11 is 0. The van der Waals surface area contributed by atoms with Crippen molar-refractivity contribution < 1.29 is 14.3 Å². The second kappa shape index (κ2) is 7.02. The van der Waals surface area contributed by atoms with Gasteiger partial charge in [0.05, 0.1) is 6.61 Å². The molecule has 2 bridgehead atoms. The fourth-order valence-corrected chi connectivity index (χ4v) is 5.78. The first-order valence-electron chi connectivity index (χ1n) is 10.5. The summed E-state index contributed by atoms with van der Waals surface area (Å²) in [4.78, 5) is 31.3. The molecule has 2 amide bonds. The van der Waals surface area contributed by atoms with E-state index in [1.54, 1.807) is 0 Å². The minimum atomic E-state index is -0.113. The molecule has 1 aliphatic carbocycles. The van der Waals surface area contributed by atoms with Gasteiger partial charge in [-0.15, -0.1) is 0 Å². The SMILES string of the molecule is CCOC(=O)N1C2CCCC1CC(N1C[C@@H]3[C@H](C1)[C@@H]3C(=O)N(C)CC)C2. The number of ether oxygens (including phenoxy) is 1. The molecule has 26 heavy (non-hydrogen) atoms. The molecule has 0 aromatic carbocycles. The third kappa shape index (κ3) is 3.00. The van der Waals surface area contributed by atoms with E-state index in [0.29, 0.717) is 42.5 Å². The van der Waals surface area contributed by atoms with Crippen molar-refractivity contribution in [3.8, 4) is 0 Å². The maximum absolute atomic E-state index is 12.4. The minimum absolute atomic E-state index is 0.113. The molecular weight excluding hydrogens is 330 g/mol. The number of rotatable bonds is 4. The van der Waals surface area contributed by atoms with Gasteiger partial charge >= 0.3 is 6.09 Å². The number of likely N-dealkylation sites (tertiary alicyclic amines) is 1. The molecule has 3 aliphatic heterocycles. The summed E-state index contributed by atoms with van der Waals surface area (Å²) in [5, 5.41) is 0. The topological polar surface area (TPSA) is 53.1 Å². The van der Waals surface area contributed by atoms with Crippen LogP contribution in [0, 0.1) is 17.8 Å². The van der Waals surface area contributed by atoms with E-state index in [0.717, 1.165) is 45.3 Å². The normalized spacial score (nSPS) is 38.7. The summed E-state index contributed by atoms with van der Waals surface area (Å²) < 4.78 is 5.31. The average molecular weight is 364 g/mol. The summed E-state index contributed by atoms with van der Waals surface area (Å²) in [6, 6.07) is 1.25. The first-order valence-corrected chi connectivity index (χ1v) is 10.5. The van der Waals surface area contributed by atoms with E-state index in [4.69, 9.17) is 4.74 Å². The highest BCUT2D eigenvalue weighted by Gasteiger charge is 2.61. The number of hydrogen-bond acceptors (Lipinski definition) is 4. The van der Waals surface area contributed by atoms with Crippen LogP contribution in [-0.4, -0.2) is 78.1 Å². The molecule has 3 heterocycles. The summed E-state index contributed by atoms with van der Waals surface area (Å²) in [7, 11) is 1.92. The fraction of sp³-hybridized carbons (Fsp3) is 0.900. The Kier molecular flexibility index (Phi) is 4.88. The van der Waals surface area contributed by atoms with Gasteiger partial charge in [-0.2, -0.15) is 0 Å². The van der Waals surface area contributed by atoms with Crippen LogP contribution in [-0.2, 0) is 9.53 Å². The van der Waals surface area contributed by atoms with Crippen molar-refractivity contribution in [1.82, 2.24) is 14.7 Å². The predicted molar refractivity (Wildman–Crippen MR) is 98.7 cm³/mol. The van der Waals surface area contributed by atoms with E-state index in [-0.39, 0.29) is 12.0 Å². The van der Waals surface area contributed by atoms with Gasteiger partial charge in [-0.05, 0) is 57.8 Å². The number of carbonyl (C=O) groups excluding carboxylic acids is 2. The molecule has 6 nitrogen and oxygen atoms in total. The van der Waals surface area contributed by atoms with E-state index in [1.165, 1.54) is 6.42 Å². The zero-order valence-electron chi connectivity index (χ0n) is 16.4. The largest absolute Gasteiger partial charge is 0.450 e. The van der Waals surface area contributed by atoms with Crippen molar-refractivity contribution in [3.05, 3.63) is 0 Å². The molecule has 0 N–H and O–H groups in total. The number of nitrogens with zero attached hydrogens (tertiary/aromatic N) is 3. The van der Waals surface area contributed by atoms with Gasteiger partial charge in [-0.1, -0.05) is 0 Å². The Balaban J connectivity index is 1.35. The molecule has 0 aromatic heterocycles. The molecule has 146 valence electrons. The van der Waals surface area contributed by atoms with Crippen LogP contribution >= 0.6 is 0 Å². The Morgan fingerprint density at radius 3 is 2.19 bits per heavy atom. The van der Waals surface area contributed by atoms with Gasteiger partial charge in [0.15, 0.2) is 0 Å². The highest BCUT2D eigenvalue weighted by Crippen LogP contribution is 2.54. The van der Waals surface area contributed by atoms with Crippen molar-refractivity contribution in [2.75, 3.05) is 33.3 Å². The number of hydrogen-bond donors (Lipinski definition) is 0. The quantitative estimate of drug-likeness (QED) is 0.768. The lowest BCUT2D eigenvalue weighted by Gasteiger charge is -2.50. The van der Waals surface area contributed by atoms with Crippen LogP contribution in [0.1, 0.15) is 46.0 Å². The Morgan fingerprint density at radius 1 is 1.04 bits per heavy atom. The van der Waals surface area contributed by atoms with Gasteiger partial charge in [0.2, 0.25) is 5.91 Å². The molecule has 1 saturated carbocycles. The Bertz CT molecular complexity index is 543. The Morgan fingerprint density at radius 2 is 1.65 bits per heavy atom. The number of piperidine rings is 3. The van der Waals surface area contributed by atoms with Crippen molar-refractivity contribution in [3.63, 3.8) is 0 Å². The fourth-order valence-electron chi connectivity index (χ4n) is 5.78. The lowest BCUT2D eigenvalue weighted by Crippen LogP contribution is -2.59. The van der Waals surface area contributed by atoms with Crippen LogP contribution in [0.3, 0.4) is 0 Å². The molecule has 6 heteroatoms. The van der Waals surface area contributed by atoms with Crippen molar-refractivity contribution >= 4 is 12.0 Å². The zero-order valence-corrected chi connectivity index (χ0v) is 16.4. The molecule has 2 unspecified atom stereocenters. The van der Waals surface area contributed by atoms with Crippen molar-refractivity contribution in [1.29, 1.82) is 0 Å². The van der Waals surface area contributed by atoms with Crippen LogP contribution in [0.4, 0.5) is 4.79 Å². The second-order valence-electron chi connectivity index (χ2n) is 8.63. The highest BCUT2D eigenvalue weighted by atomic mass is 16.6. The van der Waals surface area contributed by atoms with Crippen LogP contribution in [0.25, 0.3) is 0 Å². The summed E-state index contributed by atoms with van der Waals surface area (Å²) in [5.74, 6) is 1.75. The first kappa shape index (κ1) is 18.1. The van der Waals surface area contributed by atoms with Gasteiger partial charge in [0.1, 0.15) is 0 Å². The molecule has 3 saturated heterocycles. The smallest absolute Gasteiger partial charge is 0.410 e. The van der Waals surface area contributed by atoms with Gasteiger partial charge in [0, 0.05) is 50.7 Å². The van der Waals surface area contributed by atoms with E-state index < -0.39 is 0 Å². The standard InChI is InChI=1S/C20H33N3O3/c1-4-21(3)19(24)18-16-11-22(12-17(16)18)15-9-13-7-6-8-14(10-15)23(13)20(25)26-5-2/h13-18H,4-12H2,1-3H3/t13?,14?,15?,16-,17+,18-. The molecule has 4 aliphatic rings. The van der Waals surface area contributed by atoms with E-state index in [1.807, 2.05) is 30.7 Å². The monoisotopic (exact) mass is 363 g/mol. The van der Waals surface area contributed by atoms with Crippen LogP contribution in [0.2, 0.25) is 0 Å². The van der Waals surface area contributed by atoms with E-state index in [2.05, 4.69) is 4.90 Å². The highest BCUT2D eigenvalue weighted by molar-refractivity contribution is 5.82. The number of carbonyl (C=O) groups is 2. The lowest BCUT2D eigenvalue weighted by atomic mass is 9.81. The molecule has 0 spiro atoms. The number of amides is 2. The third-order valence-corrected chi connectivity index (χ3v) is 7.30. The van der Waals surface area contributed by atoms with Crippen LogP contribution in [0.5, 0.6) is 0 Å². The van der Waals surface area contributed by atoms with Gasteiger partial charge in [0.25, 0.3) is 0 Å². The lowest BCUT2D eigenvalue weighted by molar-refractivity contribution is -0.132. The van der Waals surface area contributed by atoms with Crippen molar-refractivity contribution in [2.24, 2.45) is 17.8 Å². The Labute approximate surface area is 156 Å². The molecule has 0 aromatic rings. The molecule has 5 atom stereocenters. The Hall–Kier alpha value is -1.30. The molecule has 4 fully saturated rings. The maximum atomic E-state index is 12.4. The van der Waals surface area contributed by atoms with Gasteiger partial charge in [-0.25, -0.2) is 4.79 Å². The predicted octanol–water partition coefficient (Wildman–Crippen LogP) is 2.18. The minimum Gasteiger partial charge on any atom is -0.450 e. The summed E-state index contributed by atoms with van der Waals surface area (Å²) in [6.45, 7) is 7.32. The first-order chi connectivity index (χ1) is 12.5. The second-order valence-corrected chi connectivity index (χ2v) is 8.63. The third-order valence-electron chi connectivity index (χ3n) is 7.30. The van der Waals surface area contributed by atoms with Crippen molar-refractivity contribution in [2.45, 2.75) is 64.1 Å². The van der Waals surface area contributed by atoms with Crippen LogP contribution < -0.4 is 0 Å². The zero-order chi connectivity index (χ0) is 18.4. The molecule has 4 rings (SSSR count). The molecule has 0 radical (unpaired) electrons. The van der Waals surface area contributed by atoms with E-state index in [9.17, 15) is 9.59 Å². The average Bonchev–Trinajstić information content (AvgIpc) is 3.12. The summed E-state index contributed by atoms with van der Waals surface area (Å²) in [6.07, 6.45) is 5.47. The maximum Gasteiger partial charge on any atom is 0.410 e.